The summed E-state index contributed by atoms with van der Waals surface area (Å²) in [5.41, 5.74) is 10.2. The number of rotatable bonds is 2. The molecule has 0 bridgehead atoms. The van der Waals surface area contributed by atoms with Gasteiger partial charge in [0, 0.05) is 52.5 Å². The van der Waals surface area contributed by atoms with E-state index in [0.29, 0.717) is 0 Å². The van der Waals surface area contributed by atoms with Crippen LogP contribution in [0, 0.1) is 0 Å². The molecule has 7 aromatic carbocycles. The first-order valence-electron chi connectivity index (χ1n) is 15.9. The minimum Gasteiger partial charge on any atom is -0.452 e. The summed E-state index contributed by atoms with van der Waals surface area (Å²) in [6.45, 7) is 0. The van der Waals surface area contributed by atoms with Gasteiger partial charge in [-0.2, -0.15) is 0 Å². The van der Waals surface area contributed by atoms with Gasteiger partial charge < -0.3 is 18.6 Å². The maximum absolute atomic E-state index is 6.59. The molecule has 0 aliphatic carbocycles. The fraction of sp³-hybridized carbons (Fsp3) is 0. The van der Waals surface area contributed by atoms with Gasteiger partial charge in [-0.3, -0.25) is 0 Å². The van der Waals surface area contributed by atoms with Gasteiger partial charge in [0.15, 0.2) is 11.2 Å². The number of furan rings is 2. The summed E-state index contributed by atoms with van der Waals surface area (Å²) in [6, 6.07) is 51.8. The Morgan fingerprint density at radius 2 is 0.708 bits per heavy atom. The van der Waals surface area contributed by atoms with Crippen LogP contribution in [0.4, 0.5) is 34.1 Å². The van der Waals surface area contributed by atoms with Crippen LogP contribution in [0.5, 0.6) is 0 Å². The Kier molecular flexibility index (Phi) is 5.51. The molecule has 4 heterocycles. The molecule has 226 valence electrons. The minimum atomic E-state index is 0.775. The molecule has 0 N–H and O–H groups in total. The van der Waals surface area contributed by atoms with Crippen LogP contribution in [-0.4, -0.2) is 0 Å². The van der Waals surface area contributed by atoms with Crippen molar-refractivity contribution in [2.45, 2.75) is 19.6 Å². The van der Waals surface area contributed by atoms with E-state index in [1.165, 1.54) is 42.3 Å². The van der Waals surface area contributed by atoms with Crippen LogP contribution in [0.2, 0.25) is 0 Å². The summed E-state index contributed by atoms with van der Waals surface area (Å²) in [4.78, 5) is 9.68. The summed E-state index contributed by atoms with van der Waals surface area (Å²) < 4.78 is 13.2. The third-order valence-corrected chi connectivity index (χ3v) is 11.7. The van der Waals surface area contributed by atoms with Gasteiger partial charge in [-0.05, 0) is 97.1 Å². The Bertz CT molecular complexity index is 2500. The number of hydrogen-bond acceptors (Lipinski definition) is 6. The lowest BCUT2D eigenvalue weighted by atomic mass is 10.1. The third kappa shape index (κ3) is 3.75. The first-order chi connectivity index (χ1) is 23.8. The predicted molar refractivity (Wildman–Crippen MR) is 199 cm³/mol. The van der Waals surface area contributed by atoms with Crippen LogP contribution in [0.15, 0.2) is 174 Å². The fourth-order valence-electron chi connectivity index (χ4n) is 7.29. The highest BCUT2D eigenvalue weighted by molar-refractivity contribution is 8.00. The smallest absolute Gasteiger partial charge is 0.178 e. The van der Waals surface area contributed by atoms with Gasteiger partial charge >= 0.3 is 0 Å². The Morgan fingerprint density at radius 1 is 0.354 bits per heavy atom. The van der Waals surface area contributed by atoms with E-state index in [9.17, 15) is 0 Å². The molecule has 0 atom stereocenters. The molecule has 0 saturated carbocycles. The van der Waals surface area contributed by atoms with Gasteiger partial charge in [0.1, 0.15) is 11.2 Å². The van der Waals surface area contributed by atoms with Crippen molar-refractivity contribution in [3.05, 3.63) is 146 Å². The first kappa shape index (κ1) is 26.5. The van der Waals surface area contributed by atoms with Crippen LogP contribution in [0.25, 0.3) is 43.9 Å². The van der Waals surface area contributed by atoms with Gasteiger partial charge in [-0.25, -0.2) is 0 Å². The summed E-state index contributed by atoms with van der Waals surface area (Å²) in [6.07, 6.45) is 0. The van der Waals surface area contributed by atoms with Gasteiger partial charge in [-0.1, -0.05) is 72.1 Å². The van der Waals surface area contributed by atoms with Crippen molar-refractivity contribution in [3.63, 3.8) is 0 Å². The van der Waals surface area contributed by atoms with Crippen LogP contribution in [-0.2, 0) is 0 Å². The lowest BCUT2D eigenvalue weighted by Crippen LogP contribution is -2.14. The highest BCUT2D eigenvalue weighted by atomic mass is 32.2. The van der Waals surface area contributed by atoms with Crippen LogP contribution < -0.4 is 9.80 Å². The van der Waals surface area contributed by atoms with E-state index in [4.69, 9.17) is 8.83 Å². The van der Waals surface area contributed by atoms with Crippen molar-refractivity contribution < 1.29 is 8.83 Å². The topological polar surface area (TPSA) is 32.8 Å². The quantitative estimate of drug-likeness (QED) is 0.185. The van der Waals surface area contributed by atoms with E-state index in [2.05, 4.69) is 155 Å². The van der Waals surface area contributed by atoms with Crippen molar-refractivity contribution in [2.24, 2.45) is 0 Å². The highest BCUT2D eigenvalue weighted by Crippen LogP contribution is 2.53. The summed E-state index contributed by atoms with van der Waals surface area (Å²) in [5.74, 6) is 0. The van der Waals surface area contributed by atoms with Gasteiger partial charge in [-0.15, -0.1) is 0 Å². The zero-order valence-corrected chi connectivity index (χ0v) is 27.0. The molecule has 2 aliphatic heterocycles. The van der Waals surface area contributed by atoms with E-state index in [-0.39, 0.29) is 0 Å². The maximum atomic E-state index is 6.59. The number of para-hydroxylation sites is 4. The molecule has 2 aromatic heterocycles. The van der Waals surface area contributed by atoms with E-state index in [1.54, 1.807) is 0 Å². The van der Waals surface area contributed by atoms with Crippen molar-refractivity contribution in [1.29, 1.82) is 0 Å². The Morgan fingerprint density at radius 3 is 1.08 bits per heavy atom. The number of fused-ring (bicyclic) bond motifs is 11. The number of benzene rings is 7. The van der Waals surface area contributed by atoms with Gasteiger partial charge in [0.05, 0.1) is 22.7 Å². The molecule has 9 aromatic rings. The second kappa shape index (κ2) is 9.97. The molecular formula is C42H24N2O2S2. The third-order valence-electron chi connectivity index (χ3n) is 9.42. The van der Waals surface area contributed by atoms with E-state index in [1.807, 2.05) is 23.5 Å². The molecule has 48 heavy (non-hydrogen) atoms. The second-order valence-corrected chi connectivity index (χ2v) is 14.3. The number of nitrogens with zero attached hydrogens (tertiary/aromatic N) is 2. The van der Waals surface area contributed by atoms with Crippen molar-refractivity contribution in [2.75, 3.05) is 9.80 Å². The van der Waals surface area contributed by atoms with Crippen LogP contribution in [0.3, 0.4) is 0 Å². The Hall–Kier alpha value is -5.56. The zero-order valence-electron chi connectivity index (χ0n) is 25.4. The maximum Gasteiger partial charge on any atom is 0.178 e. The minimum absolute atomic E-state index is 0.775. The number of anilines is 6. The van der Waals surface area contributed by atoms with Crippen molar-refractivity contribution in [3.8, 4) is 0 Å². The Balaban J connectivity index is 1.08. The predicted octanol–water partition coefficient (Wildman–Crippen LogP) is 13.4. The SMILES string of the molecule is c1ccc2c(c1)Sc1ccccc1N2c1ccc2oc3c(ccc4c5cc(N6c7ccccc7Sc7ccccc76)ccc5oc43)c2c1. The molecule has 2 aliphatic rings. The molecule has 11 rings (SSSR count). The Labute approximate surface area is 284 Å². The number of hydrogen-bond donors (Lipinski definition) is 0. The summed E-state index contributed by atoms with van der Waals surface area (Å²) >= 11 is 3.64. The highest BCUT2D eigenvalue weighted by Gasteiger charge is 2.27. The molecule has 0 unspecified atom stereocenters. The molecular weight excluding hydrogens is 629 g/mol. The molecule has 4 nitrogen and oxygen atoms in total. The molecule has 0 spiro atoms. The zero-order chi connectivity index (χ0) is 31.3. The van der Waals surface area contributed by atoms with Crippen molar-refractivity contribution >= 4 is 102 Å². The monoisotopic (exact) mass is 652 g/mol. The van der Waals surface area contributed by atoms with Gasteiger partial charge in [0.2, 0.25) is 0 Å². The van der Waals surface area contributed by atoms with E-state index >= 15 is 0 Å². The van der Waals surface area contributed by atoms with Crippen LogP contribution >= 0.6 is 23.5 Å². The average molecular weight is 653 g/mol. The van der Waals surface area contributed by atoms with Crippen molar-refractivity contribution in [1.82, 2.24) is 0 Å². The summed E-state index contributed by atoms with van der Waals surface area (Å²) in [5, 5.41) is 4.22. The molecule has 0 fully saturated rings. The second-order valence-electron chi connectivity index (χ2n) is 12.1. The summed E-state index contributed by atoms with van der Waals surface area (Å²) in [7, 11) is 0. The largest absolute Gasteiger partial charge is 0.452 e. The molecule has 0 amide bonds. The molecule has 6 heteroatoms. The van der Waals surface area contributed by atoms with Crippen LogP contribution in [0.1, 0.15) is 0 Å². The fourth-order valence-corrected chi connectivity index (χ4v) is 9.40. The van der Waals surface area contributed by atoms with E-state index in [0.717, 1.165) is 55.3 Å². The first-order valence-corrected chi connectivity index (χ1v) is 17.6. The average Bonchev–Trinajstić information content (AvgIpc) is 3.70. The standard InChI is InChI=1S/C42H24N2O2S2/c1-5-13-37-31(9-1)43(32-10-2-6-14-38(32)47-37)25-17-21-35-29(23-25)27-19-20-28-30-24-26(18-22-36(30)46-42(28)41(27)45-35)44-33-11-3-7-15-39(33)48-40-16-8-4-12-34(40)44/h1-24H. The lowest BCUT2D eigenvalue weighted by Gasteiger charge is -2.32. The molecule has 0 radical (unpaired) electrons. The molecule has 0 saturated heterocycles. The van der Waals surface area contributed by atoms with Gasteiger partial charge in [0.25, 0.3) is 0 Å². The van der Waals surface area contributed by atoms with E-state index < -0.39 is 0 Å². The normalized spacial score (nSPS) is 13.6. The lowest BCUT2D eigenvalue weighted by molar-refractivity contribution is 0.633.